The van der Waals surface area contributed by atoms with Crippen molar-refractivity contribution in [1.29, 1.82) is 0 Å². The molecule has 0 aliphatic rings. The van der Waals surface area contributed by atoms with Gasteiger partial charge in [-0.25, -0.2) is 4.79 Å². The highest BCUT2D eigenvalue weighted by Gasteiger charge is 2.28. The molecular weight excluding hydrogens is 397 g/mol. The molecule has 0 aliphatic heterocycles. The molecule has 8 heteroatoms. The molecule has 29 heavy (non-hydrogen) atoms. The van der Waals surface area contributed by atoms with Crippen LogP contribution in [0.3, 0.4) is 0 Å². The van der Waals surface area contributed by atoms with E-state index in [1.807, 2.05) is 12.1 Å². The number of para-hydroxylation sites is 2. The number of ether oxygens (including phenoxy) is 1. The number of pyridine rings is 1. The Balaban J connectivity index is 2.06. The maximum atomic E-state index is 13.3. The fourth-order valence-corrected chi connectivity index (χ4v) is 3.68. The van der Waals surface area contributed by atoms with Crippen LogP contribution in [0.15, 0.2) is 72.8 Å². The first-order chi connectivity index (χ1) is 13.8. The third-order valence-corrected chi connectivity index (χ3v) is 4.88. The molecule has 6 nitrogen and oxygen atoms in total. The van der Waals surface area contributed by atoms with E-state index in [1.54, 1.807) is 60.1 Å². The van der Waals surface area contributed by atoms with Crippen LogP contribution >= 0.6 is 0 Å². The van der Waals surface area contributed by atoms with Crippen molar-refractivity contribution in [3.8, 4) is 11.5 Å². The molecule has 0 radical (unpaired) electrons. The van der Waals surface area contributed by atoms with Crippen LogP contribution in [0, 0.1) is 0 Å². The molecule has 0 fully saturated rings. The van der Waals surface area contributed by atoms with Crippen LogP contribution in [-0.4, -0.2) is 14.4 Å². The van der Waals surface area contributed by atoms with E-state index in [-0.39, 0.29) is 16.7 Å². The van der Waals surface area contributed by atoms with Crippen LogP contribution < -0.4 is 13.5 Å². The van der Waals surface area contributed by atoms with Gasteiger partial charge < -0.3 is 8.92 Å². The highest BCUT2D eigenvalue weighted by molar-refractivity contribution is 7.81. The Morgan fingerprint density at radius 2 is 1.55 bits per heavy atom. The van der Waals surface area contributed by atoms with E-state index in [9.17, 15) is 17.1 Å². The first-order valence-corrected chi connectivity index (χ1v) is 9.91. The van der Waals surface area contributed by atoms with Gasteiger partial charge in [0.2, 0.25) is 11.0 Å². The van der Waals surface area contributed by atoms with Crippen molar-refractivity contribution in [1.82, 2.24) is 0 Å². The number of aryl methyl sites for hydroxylation is 1. The first kappa shape index (κ1) is 18.8. The highest BCUT2D eigenvalue weighted by atomic mass is 32.3. The number of carbonyl (C=O) groups is 1. The second kappa shape index (κ2) is 7.14. The molecule has 0 unspecified atom stereocenters. The van der Waals surface area contributed by atoms with Crippen molar-refractivity contribution in [3.63, 3.8) is 0 Å². The second-order valence-electron chi connectivity index (χ2n) is 6.28. The van der Waals surface area contributed by atoms with E-state index in [1.165, 1.54) is 12.1 Å². The molecule has 3 aromatic carbocycles. The van der Waals surface area contributed by atoms with Gasteiger partial charge in [-0.2, -0.15) is 13.0 Å². The van der Waals surface area contributed by atoms with E-state index < -0.39 is 16.5 Å². The van der Waals surface area contributed by atoms with Gasteiger partial charge in [0.1, 0.15) is 18.2 Å². The summed E-state index contributed by atoms with van der Waals surface area (Å²) in [5.41, 5.74) is 1.27. The Morgan fingerprint density at radius 1 is 0.897 bits per heavy atom. The minimum atomic E-state index is -5.30. The summed E-state index contributed by atoms with van der Waals surface area (Å²) in [6, 6.07) is 20.0. The average molecular weight is 412 g/mol. The van der Waals surface area contributed by atoms with E-state index in [2.05, 4.69) is 4.18 Å². The molecule has 0 aliphatic carbocycles. The van der Waals surface area contributed by atoms with Gasteiger partial charge in [0.25, 0.3) is 0 Å². The molecule has 0 saturated heterocycles. The first-order valence-electron chi connectivity index (χ1n) is 8.60. The van der Waals surface area contributed by atoms with Crippen LogP contribution in [0.2, 0.25) is 0 Å². The summed E-state index contributed by atoms with van der Waals surface area (Å²) in [5.74, 6) is -0.698. The summed E-state index contributed by atoms with van der Waals surface area (Å²) < 4.78 is 47.4. The van der Waals surface area contributed by atoms with Crippen LogP contribution in [0.4, 0.5) is 3.89 Å². The van der Waals surface area contributed by atoms with E-state index in [4.69, 9.17) is 4.74 Å². The molecule has 4 rings (SSSR count). The number of nitrogens with zero attached hydrogens (tertiary/aromatic N) is 1. The minimum absolute atomic E-state index is 0.0804. The van der Waals surface area contributed by atoms with Gasteiger partial charge in [-0.3, -0.25) is 0 Å². The molecular formula is C21H15FNO5S+. The summed E-state index contributed by atoms with van der Waals surface area (Å²) in [6.07, 6.45) is 0. The minimum Gasteiger partial charge on any atom is -0.423 e. The molecule has 1 heterocycles. The average Bonchev–Trinajstić information content (AvgIpc) is 2.68. The Bertz CT molecular complexity index is 1350. The third-order valence-electron chi connectivity index (χ3n) is 4.50. The highest BCUT2D eigenvalue weighted by Crippen LogP contribution is 2.33. The maximum Gasteiger partial charge on any atom is 0.488 e. The number of hydrogen-bond acceptors (Lipinski definition) is 5. The summed E-state index contributed by atoms with van der Waals surface area (Å²) in [5, 5.41) is 0.645. The zero-order chi connectivity index (χ0) is 20.6. The molecule has 0 atom stereocenters. The zero-order valence-electron chi connectivity index (χ0n) is 15.2. The smallest absolute Gasteiger partial charge is 0.423 e. The van der Waals surface area contributed by atoms with Gasteiger partial charge in [0.05, 0.1) is 10.9 Å². The summed E-state index contributed by atoms with van der Waals surface area (Å²) in [7, 11) is -3.54. The predicted octanol–water partition coefficient (Wildman–Crippen LogP) is 3.63. The number of benzene rings is 3. The van der Waals surface area contributed by atoms with Crippen LogP contribution in [0.25, 0.3) is 21.8 Å². The lowest BCUT2D eigenvalue weighted by molar-refractivity contribution is -0.617. The predicted molar refractivity (Wildman–Crippen MR) is 105 cm³/mol. The number of fused-ring (bicyclic) bond motifs is 2. The van der Waals surface area contributed by atoms with E-state index >= 15 is 0 Å². The number of carbonyl (C=O) groups excluding carboxylic acids is 1. The topological polar surface area (TPSA) is 73.5 Å². The number of hydrogen-bond donors (Lipinski definition) is 0. The standard InChI is InChI=1S/C21H15FNO5S/c1-23-16-11-6-5-10-15(16)19(21(24)27-14-8-3-2-4-9-14)20-17(23)12-7-13-18(20)28-29(22,25)26/h2-13H,1H3/q+1. The monoisotopic (exact) mass is 412 g/mol. The van der Waals surface area contributed by atoms with Crippen molar-refractivity contribution in [2.24, 2.45) is 7.05 Å². The number of rotatable bonds is 4. The van der Waals surface area contributed by atoms with Crippen molar-refractivity contribution < 1.29 is 30.6 Å². The fraction of sp³-hybridized carbons (Fsp3) is 0.0476. The van der Waals surface area contributed by atoms with E-state index in [0.717, 1.165) is 0 Å². The molecule has 0 amide bonds. The Morgan fingerprint density at radius 3 is 2.28 bits per heavy atom. The van der Waals surface area contributed by atoms with Crippen molar-refractivity contribution in [2.75, 3.05) is 0 Å². The molecule has 4 aromatic rings. The Labute approximate surface area is 166 Å². The van der Waals surface area contributed by atoms with Gasteiger partial charge >= 0.3 is 16.5 Å². The molecule has 0 bridgehead atoms. The Hall–Kier alpha value is -3.52. The van der Waals surface area contributed by atoms with Gasteiger partial charge in [-0.1, -0.05) is 40.3 Å². The third kappa shape index (κ3) is 3.62. The van der Waals surface area contributed by atoms with Crippen LogP contribution in [0.5, 0.6) is 11.5 Å². The number of aromatic nitrogens is 1. The van der Waals surface area contributed by atoms with Crippen LogP contribution in [-0.2, 0) is 17.6 Å². The van der Waals surface area contributed by atoms with Crippen molar-refractivity contribution in [3.05, 3.63) is 78.4 Å². The van der Waals surface area contributed by atoms with Gasteiger partial charge in [0, 0.05) is 12.1 Å². The zero-order valence-corrected chi connectivity index (χ0v) is 16.0. The van der Waals surface area contributed by atoms with Crippen molar-refractivity contribution >= 4 is 38.3 Å². The lowest BCUT2D eigenvalue weighted by Crippen LogP contribution is -2.31. The molecule has 0 spiro atoms. The molecule has 0 saturated carbocycles. The molecule has 1 aromatic heterocycles. The summed E-state index contributed by atoms with van der Waals surface area (Å²) in [6.45, 7) is 0. The van der Waals surface area contributed by atoms with Gasteiger partial charge in [-0.15, -0.1) is 0 Å². The Kier molecular flexibility index (Phi) is 4.63. The number of halogens is 1. The van der Waals surface area contributed by atoms with Crippen molar-refractivity contribution in [2.45, 2.75) is 0 Å². The largest absolute Gasteiger partial charge is 0.488 e. The lowest BCUT2D eigenvalue weighted by Gasteiger charge is -2.12. The fourth-order valence-electron chi connectivity index (χ4n) is 3.33. The van der Waals surface area contributed by atoms with E-state index in [0.29, 0.717) is 22.2 Å². The van der Waals surface area contributed by atoms with Crippen LogP contribution in [0.1, 0.15) is 10.4 Å². The van der Waals surface area contributed by atoms with Gasteiger partial charge in [0.15, 0.2) is 5.75 Å². The molecule has 0 N–H and O–H groups in total. The lowest BCUT2D eigenvalue weighted by atomic mass is 10.0. The quantitative estimate of drug-likeness (QED) is 0.168. The number of esters is 1. The maximum absolute atomic E-state index is 13.3. The van der Waals surface area contributed by atoms with Gasteiger partial charge in [-0.05, 0) is 24.3 Å². The summed E-state index contributed by atoms with van der Waals surface area (Å²) >= 11 is 0. The normalized spacial score (nSPS) is 11.5. The summed E-state index contributed by atoms with van der Waals surface area (Å²) in [4.78, 5) is 13.1. The molecule has 146 valence electrons. The second-order valence-corrected chi connectivity index (χ2v) is 7.23. The SMILES string of the molecule is C[n+]1c2ccccc2c(C(=O)Oc2ccccc2)c2c(OS(=O)(=O)F)cccc21.